The van der Waals surface area contributed by atoms with Gasteiger partial charge in [-0.15, -0.1) is 0 Å². The number of nitrogens with zero attached hydrogens (tertiary/aromatic N) is 1. The molecule has 0 aliphatic carbocycles. The molecular weight excluding hydrogens is 415 g/mol. The lowest BCUT2D eigenvalue weighted by Crippen LogP contribution is -2.46. The SMILES string of the molecule is COc1ccc(N2CCC(NC(=O)COc3ccc(Br)cc3F)CC2)cc1. The van der Waals surface area contributed by atoms with Gasteiger partial charge >= 0.3 is 0 Å². The Labute approximate surface area is 166 Å². The standard InChI is InChI=1S/C20H22BrFN2O3/c1-26-17-5-3-16(4-6-17)24-10-8-15(9-11-24)23-20(25)13-27-19-7-2-14(21)12-18(19)22/h2-7,12,15H,8-11,13H2,1H3,(H,23,25). The molecule has 1 amide bonds. The molecule has 0 unspecified atom stereocenters. The highest BCUT2D eigenvalue weighted by Gasteiger charge is 2.21. The molecule has 2 aromatic carbocycles. The summed E-state index contributed by atoms with van der Waals surface area (Å²) >= 11 is 3.19. The first-order valence-corrected chi connectivity index (χ1v) is 9.60. The summed E-state index contributed by atoms with van der Waals surface area (Å²) < 4.78 is 24.8. The first kappa shape index (κ1) is 19.5. The molecule has 144 valence electrons. The highest BCUT2D eigenvalue weighted by molar-refractivity contribution is 9.10. The Hall–Kier alpha value is -2.28. The fourth-order valence-electron chi connectivity index (χ4n) is 3.08. The van der Waals surface area contributed by atoms with Gasteiger partial charge in [-0.2, -0.15) is 0 Å². The van der Waals surface area contributed by atoms with E-state index in [1.165, 1.54) is 12.1 Å². The van der Waals surface area contributed by atoms with Gasteiger partial charge in [0.15, 0.2) is 18.2 Å². The van der Waals surface area contributed by atoms with E-state index in [1.807, 2.05) is 24.3 Å². The molecule has 5 nitrogen and oxygen atoms in total. The maximum atomic E-state index is 13.7. The summed E-state index contributed by atoms with van der Waals surface area (Å²) in [4.78, 5) is 14.4. The van der Waals surface area contributed by atoms with E-state index in [4.69, 9.17) is 9.47 Å². The molecule has 7 heteroatoms. The minimum atomic E-state index is -0.495. The van der Waals surface area contributed by atoms with Gasteiger partial charge in [-0.05, 0) is 55.3 Å². The van der Waals surface area contributed by atoms with Crippen molar-refractivity contribution in [3.05, 3.63) is 52.8 Å². The fraction of sp³-hybridized carbons (Fsp3) is 0.350. The number of benzene rings is 2. The molecule has 0 radical (unpaired) electrons. The molecule has 0 atom stereocenters. The van der Waals surface area contributed by atoms with Gasteiger partial charge in [-0.25, -0.2) is 4.39 Å². The summed E-state index contributed by atoms with van der Waals surface area (Å²) in [5.74, 6) is 0.177. The molecule has 0 saturated carbocycles. The van der Waals surface area contributed by atoms with E-state index in [2.05, 4.69) is 26.1 Å². The van der Waals surface area contributed by atoms with Crippen LogP contribution in [0.15, 0.2) is 46.9 Å². The molecule has 1 saturated heterocycles. The van der Waals surface area contributed by atoms with Gasteiger partial charge in [0.25, 0.3) is 5.91 Å². The number of hydrogen-bond acceptors (Lipinski definition) is 4. The van der Waals surface area contributed by atoms with E-state index < -0.39 is 5.82 Å². The van der Waals surface area contributed by atoms with Crippen LogP contribution in [-0.2, 0) is 4.79 Å². The maximum absolute atomic E-state index is 13.7. The monoisotopic (exact) mass is 436 g/mol. The van der Waals surface area contributed by atoms with Crippen molar-refractivity contribution in [1.82, 2.24) is 5.32 Å². The smallest absolute Gasteiger partial charge is 0.258 e. The van der Waals surface area contributed by atoms with E-state index >= 15 is 0 Å². The normalized spacial score (nSPS) is 14.7. The maximum Gasteiger partial charge on any atom is 0.258 e. The van der Waals surface area contributed by atoms with Crippen molar-refractivity contribution >= 4 is 27.5 Å². The number of nitrogens with one attached hydrogen (secondary N) is 1. The fourth-order valence-corrected chi connectivity index (χ4v) is 3.41. The number of carbonyl (C=O) groups excluding carboxylic acids is 1. The topological polar surface area (TPSA) is 50.8 Å². The van der Waals surface area contributed by atoms with Gasteiger partial charge in [0.05, 0.1) is 7.11 Å². The molecule has 1 aliphatic heterocycles. The lowest BCUT2D eigenvalue weighted by atomic mass is 10.0. The molecule has 1 heterocycles. The molecular formula is C20H22BrFN2O3. The van der Waals surface area contributed by atoms with Crippen molar-refractivity contribution in [1.29, 1.82) is 0 Å². The van der Waals surface area contributed by atoms with Crippen molar-refractivity contribution in [3.8, 4) is 11.5 Å². The molecule has 27 heavy (non-hydrogen) atoms. The van der Waals surface area contributed by atoms with Crippen LogP contribution in [0.2, 0.25) is 0 Å². The highest BCUT2D eigenvalue weighted by Crippen LogP contribution is 2.23. The third-order valence-electron chi connectivity index (χ3n) is 4.55. The van der Waals surface area contributed by atoms with Gasteiger partial charge < -0.3 is 19.7 Å². The molecule has 0 aromatic heterocycles. The van der Waals surface area contributed by atoms with Gasteiger partial charge in [-0.3, -0.25) is 4.79 Å². The first-order valence-electron chi connectivity index (χ1n) is 8.81. The summed E-state index contributed by atoms with van der Waals surface area (Å²) in [7, 11) is 1.65. The first-order chi connectivity index (χ1) is 13.0. The lowest BCUT2D eigenvalue weighted by molar-refractivity contribution is -0.124. The van der Waals surface area contributed by atoms with Crippen molar-refractivity contribution in [2.45, 2.75) is 18.9 Å². The zero-order valence-electron chi connectivity index (χ0n) is 15.1. The zero-order chi connectivity index (χ0) is 19.2. The van der Waals surface area contributed by atoms with Gasteiger partial charge in [0.1, 0.15) is 5.75 Å². The predicted octanol–water partition coefficient (Wildman–Crippen LogP) is 3.76. The van der Waals surface area contributed by atoms with Gasteiger partial charge in [0, 0.05) is 29.3 Å². The number of piperidine rings is 1. The number of rotatable bonds is 6. The van der Waals surface area contributed by atoms with Crippen LogP contribution >= 0.6 is 15.9 Å². The second-order valence-corrected chi connectivity index (χ2v) is 7.31. The number of ether oxygens (including phenoxy) is 2. The molecule has 1 aliphatic rings. The highest BCUT2D eigenvalue weighted by atomic mass is 79.9. The Morgan fingerprint density at radius 2 is 1.93 bits per heavy atom. The molecule has 2 aromatic rings. The minimum Gasteiger partial charge on any atom is -0.497 e. The summed E-state index contributed by atoms with van der Waals surface area (Å²) in [6.07, 6.45) is 1.70. The van der Waals surface area contributed by atoms with Crippen molar-refractivity contribution < 1.29 is 18.7 Å². The van der Waals surface area contributed by atoms with Crippen molar-refractivity contribution in [3.63, 3.8) is 0 Å². The Kier molecular flexibility index (Phi) is 6.55. The van der Waals surface area contributed by atoms with Crippen LogP contribution in [0.3, 0.4) is 0 Å². The van der Waals surface area contributed by atoms with E-state index in [1.54, 1.807) is 13.2 Å². The van der Waals surface area contributed by atoms with Crippen LogP contribution in [0.5, 0.6) is 11.5 Å². The number of amides is 1. The molecule has 3 rings (SSSR count). The Morgan fingerprint density at radius 1 is 1.22 bits per heavy atom. The summed E-state index contributed by atoms with van der Waals surface area (Å²) in [5.41, 5.74) is 1.15. The third kappa shape index (κ3) is 5.35. The summed E-state index contributed by atoms with van der Waals surface area (Å²) in [6.45, 7) is 1.52. The Balaban J connectivity index is 1.43. The molecule has 1 N–H and O–H groups in total. The van der Waals surface area contributed by atoms with Crippen LogP contribution < -0.4 is 19.7 Å². The van der Waals surface area contributed by atoms with Crippen LogP contribution in [0.25, 0.3) is 0 Å². The molecule has 1 fully saturated rings. The second-order valence-electron chi connectivity index (χ2n) is 6.39. The minimum absolute atomic E-state index is 0.0719. The van der Waals surface area contributed by atoms with Crippen LogP contribution in [-0.4, -0.2) is 38.8 Å². The quantitative estimate of drug-likeness (QED) is 0.748. The van der Waals surface area contributed by atoms with E-state index in [0.29, 0.717) is 4.47 Å². The zero-order valence-corrected chi connectivity index (χ0v) is 16.7. The number of carbonyl (C=O) groups is 1. The van der Waals surface area contributed by atoms with Crippen molar-refractivity contribution in [2.75, 3.05) is 31.7 Å². The number of methoxy groups -OCH3 is 1. The van der Waals surface area contributed by atoms with Crippen LogP contribution in [0, 0.1) is 5.82 Å². The Morgan fingerprint density at radius 3 is 2.56 bits per heavy atom. The van der Waals surface area contributed by atoms with Crippen LogP contribution in [0.4, 0.5) is 10.1 Å². The van der Waals surface area contributed by atoms with Crippen molar-refractivity contribution in [2.24, 2.45) is 0 Å². The van der Waals surface area contributed by atoms with Crippen LogP contribution in [0.1, 0.15) is 12.8 Å². The Bertz CT molecular complexity index is 777. The number of halogens is 2. The number of anilines is 1. The average molecular weight is 437 g/mol. The molecule has 0 spiro atoms. The summed E-state index contributed by atoms with van der Waals surface area (Å²) in [6, 6.07) is 12.6. The van der Waals surface area contributed by atoms with E-state index in [0.717, 1.165) is 37.4 Å². The molecule has 0 bridgehead atoms. The van der Waals surface area contributed by atoms with E-state index in [-0.39, 0.29) is 24.3 Å². The lowest BCUT2D eigenvalue weighted by Gasteiger charge is -2.34. The van der Waals surface area contributed by atoms with Gasteiger partial charge in [-0.1, -0.05) is 15.9 Å². The average Bonchev–Trinajstić information content (AvgIpc) is 2.68. The summed E-state index contributed by atoms with van der Waals surface area (Å²) in [5, 5.41) is 2.97. The largest absolute Gasteiger partial charge is 0.497 e. The predicted molar refractivity (Wildman–Crippen MR) is 106 cm³/mol. The van der Waals surface area contributed by atoms with Gasteiger partial charge in [0.2, 0.25) is 0 Å². The van der Waals surface area contributed by atoms with E-state index in [9.17, 15) is 9.18 Å². The third-order valence-corrected chi connectivity index (χ3v) is 5.04. The number of hydrogen-bond donors (Lipinski definition) is 1. The second kappa shape index (κ2) is 9.08.